The van der Waals surface area contributed by atoms with Crippen LogP contribution >= 0.6 is 0 Å². The van der Waals surface area contributed by atoms with Crippen LogP contribution in [-0.4, -0.2) is 15.2 Å². The number of ether oxygens (including phenoxy) is 1. The van der Waals surface area contributed by atoms with Gasteiger partial charge in [0.1, 0.15) is 5.75 Å². The van der Waals surface area contributed by atoms with E-state index in [1.165, 1.54) is 14.0 Å². The van der Waals surface area contributed by atoms with Gasteiger partial charge in [-0.2, -0.15) is 0 Å². The van der Waals surface area contributed by atoms with Gasteiger partial charge >= 0.3 is 0 Å². The fourth-order valence-corrected chi connectivity index (χ4v) is 3.26. The van der Waals surface area contributed by atoms with Gasteiger partial charge in [0.05, 0.1) is 15.2 Å². The highest BCUT2D eigenvalue weighted by molar-refractivity contribution is 6.89. The average Bonchev–Trinajstić information content (AvgIpc) is 2.11. The molecule has 0 spiro atoms. The van der Waals surface area contributed by atoms with E-state index >= 15 is 0 Å². The Kier molecular flexibility index (Phi) is 3.18. The number of hydrogen-bond donors (Lipinski definition) is 0. The van der Waals surface area contributed by atoms with Crippen LogP contribution in [0.25, 0.3) is 0 Å². The lowest BCUT2D eigenvalue weighted by Crippen LogP contribution is -2.41. The number of halogens is 2. The molecule has 0 fully saturated rings. The van der Waals surface area contributed by atoms with Crippen molar-refractivity contribution >= 4 is 13.3 Å². The Labute approximate surface area is 90.1 Å². The molecule has 0 aliphatic heterocycles. The van der Waals surface area contributed by atoms with Gasteiger partial charge in [0.25, 0.3) is 0 Å². The van der Waals surface area contributed by atoms with E-state index < -0.39 is 19.7 Å². The second kappa shape index (κ2) is 3.93. The number of benzene rings is 1. The maximum Gasteiger partial charge on any atom is 0.161 e. The van der Waals surface area contributed by atoms with Crippen molar-refractivity contribution in [1.82, 2.24) is 0 Å². The van der Waals surface area contributed by atoms with Crippen molar-refractivity contribution in [3.63, 3.8) is 0 Å². The van der Waals surface area contributed by atoms with Gasteiger partial charge in [-0.15, -0.1) is 0 Å². The molecule has 0 saturated carbocycles. The summed E-state index contributed by atoms with van der Waals surface area (Å²) in [6, 6.07) is 1.56. The minimum absolute atomic E-state index is 0.284. The van der Waals surface area contributed by atoms with E-state index in [4.69, 9.17) is 4.74 Å². The van der Waals surface area contributed by atoms with Crippen LogP contribution in [0.3, 0.4) is 0 Å². The molecule has 0 saturated heterocycles. The maximum atomic E-state index is 13.8. The highest BCUT2D eigenvalue weighted by Crippen LogP contribution is 2.21. The van der Waals surface area contributed by atoms with Crippen LogP contribution in [0, 0.1) is 18.6 Å². The lowest BCUT2D eigenvalue weighted by atomic mass is 10.2. The fourth-order valence-electron chi connectivity index (χ4n) is 1.58. The molecule has 1 aromatic carbocycles. The van der Waals surface area contributed by atoms with Crippen LogP contribution in [0.2, 0.25) is 19.6 Å². The molecule has 0 unspecified atom stereocenters. The summed E-state index contributed by atoms with van der Waals surface area (Å²) in [5.74, 6) is -1.04. The van der Waals surface area contributed by atoms with Crippen molar-refractivity contribution < 1.29 is 13.5 Å². The van der Waals surface area contributed by atoms with Crippen molar-refractivity contribution in [3.05, 3.63) is 23.3 Å². The third-order valence-electron chi connectivity index (χ3n) is 2.32. The number of methoxy groups -OCH3 is 1. The van der Waals surface area contributed by atoms with Crippen molar-refractivity contribution in [2.24, 2.45) is 0 Å². The lowest BCUT2D eigenvalue weighted by Gasteiger charge is -2.21. The summed E-state index contributed by atoms with van der Waals surface area (Å²) in [6.45, 7) is 7.42. The molecule has 84 valence electrons. The van der Waals surface area contributed by atoms with Crippen LogP contribution in [0.4, 0.5) is 8.78 Å². The first-order valence-corrected chi connectivity index (χ1v) is 8.32. The molecule has 0 heterocycles. The van der Waals surface area contributed by atoms with E-state index in [9.17, 15) is 8.78 Å². The van der Waals surface area contributed by atoms with Gasteiger partial charge < -0.3 is 4.74 Å². The second-order valence-corrected chi connectivity index (χ2v) is 9.65. The first kappa shape index (κ1) is 12.2. The van der Waals surface area contributed by atoms with Gasteiger partial charge in [-0.05, 0) is 18.6 Å². The Morgan fingerprint density at radius 2 is 1.67 bits per heavy atom. The molecule has 0 N–H and O–H groups in total. The summed E-state index contributed by atoms with van der Waals surface area (Å²) in [6.07, 6.45) is 0. The summed E-state index contributed by atoms with van der Waals surface area (Å²) in [5, 5.41) is 0.424. The predicted octanol–water partition coefficient (Wildman–Crippen LogP) is 2.83. The molecule has 4 heteroatoms. The van der Waals surface area contributed by atoms with Crippen LogP contribution < -0.4 is 9.92 Å². The number of hydrogen-bond acceptors (Lipinski definition) is 1. The van der Waals surface area contributed by atoms with Crippen molar-refractivity contribution in [3.8, 4) is 5.75 Å². The van der Waals surface area contributed by atoms with Crippen LogP contribution in [0.15, 0.2) is 6.07 Å². The third-order valence-corrected chi connectivity index (χ3v) is 4.29. The molecule has 0 aromatic heterocycles. The summed E-state index contributed by atoms with van der Waals surface area (Å²) >= 11 is 0. The largest absolute Gasteiger partial charge is 0.497 e. The average molecular weight is 230 g/mol. The Morgan fingerprint density at radius 1 is 1.13 bits per heavy atom. The molecule has 1 rings (SSSR count). The number of rotatable bonds is 2. The van der Waals surface area contributed by atoms with E-state index in [1.807, 2.05) is 19.6 Å². The monoisotopic (exact) mass is 230 g/mol. The Balaban J connectivity index is 3.55. The minimum atomic E-state index is -1.94. The topological polar surface area (TPSA) is 9.23 Å². The fraction of sp³-hybridized carbons (Fsp3) is 0.455. The first-order chi connectivity index (χ1) is 6.79. The predicted molar refractivity (Wildman–Crippen MR) is 60.6 cm³/mol. The van der Waals surface area contributed by atoms with E-state index in [0.717, 1.165) is 0 Å². The molecular formula is C11H16F2OSi. The molecule has 0 radical (unpaired) electrons. The quantitative estimate of drug-likeness (QED) is 0.710. The summed E-state index contributed by atoms with van der Waals surface area (Å²) < 4.78 is 32.3. The summed E-state index contributed by atoms with van der Waals surface area (Å²) in [4.78, 5) is 0. The van der Waals surface area contributed by atoms with Crippen LogP contribution in [0.1, 0.15) is 5.56 Å². The smallest absolute Gasteiger partial charge is 0.161 e. The molecule has 0 aliphatic rings. The van der Waals surface area contributed by atoms with E-state index in [-0.39, 0.29) is 5.56 Å². The van der Waals surface area contributed by atoms with Gasteiger partial charge in [-0.25, -0.2) is 8.78 Å². The first-order valence-electron chi connectivity index (χ1n) is 4.82. The van der Waals surface area contributed by atoms with E-state index in [1.54, 1.807) is 6.07 Å². The molecule has 0 bridgehead atoms. The molecular weight excluding hydrogens is 214 g/mol. The lowest BCUT2D eigenvalue weighted by molar-refractivity contribution is 0.410. The Morgan fingerprint density at radius 3 is 2.07 bits per heavy atom. The van der Waals surface area contributed by atoms with Gasteiger partial charge in [-0.3, -0.25) is 0 Å². The normalized spacial score (nSPS) is 11.7. The van der Waals surface area contributed by atoms with Gasteiger partial charge in [0.2, 0.25) is 0 Å². The van der Waals surface area contributed by atoms with Crippen molar-refractivity contribution in [2.45, 2.75) is 26.6 Å². The molecule has 0 aliphatic carbocycles. The minimum Gasteiger partial charge on any atom is -0.497 e. The molecule has 0 atom stereocenters. The van der Waals surface area contributed by atoms with Gasteiger partial charge in [0, 0.05) is 5.19 Å². The van der Waals surface area contributed by atoms with Crippen LogP contribution in [-0.2, 0) is 0 Å². The molecule has 15 heavy (non-hydrogen) atoms. The van der Waals surface area contributed by atoms with Gasteiger partial charge in [0.15, 0.2) is 11.6 Å². The SMILES string of the molecule is COc1cc(C)c(F)c(F)c1[Si](C)(C)C. The Hall–Kier alpha value is -0.903. The zero-order valence-corrected chi connectivity index (χ0v) is 10.7. The highest BCUT2D eigenvalue weighted by atomic mass is 28.3. The second-order valence-electron chi connectivity index (χ2n) is 4.65. The van der Waals surface area contributed by atoms with Crippen LogP contribution in [0.5, 0.6) is 5.75 Å². The number of aryl methyl sites for hydroxylation is 1. The summed E-state index contributed by atoms with van der Waals surface area (Å²) in [7, 11) is -0.456. The van der Waals surface area contributed by atoms with Crippen molar-refractivity contribution in [1.29, 1.82) is 0 Å². The zero-order chi connectivity index (χ0) is 11.8. The highest BCUT2D eigenvalue weighted by Gasteiger charge is 2.28. The zero-order valence-electron chi connectivity index (χ0n) is 9.74. The molecule has 0 amide bonds. The van der Waals surface area contributed by atoms with Crippen molar-refractivity contribution in [2.75, 3.05) is 7.11 Å². The maximum absolute atomic E-state index is 13.8. The van der Waals surface area contributed by atoms with E-state index in [2.05, 4.69) is 0 Å². The molecule has 1 aromatic rings. The standard InChI is InChI=1S/C11H16F2OSi/c1-7-6-8(14-2)11(15(3,4)5)10(13)9(7)12/h6H,1-5H3. The Bertz CT molecular complexity index is 383. The summed E-state index contributed by atoms with van der Waals surface area (Å²) in [5.41, 5.74) is 0.284. The molecule has 1 nitrogen and oxygen atoms in total. The third kappa shape index (κ3) is 2.20. The van der Waals surface area contributed by atoms with E-state index in [0.29, 0.717) is 10.9 Å². The van der Waals surface area contributed by atoms with Gasteiger partial charge in [-0.1, -0.05) is 19.6 Å².